The molecule has 1 atom stereocenters. The van der Waals surface area contributed by atoms with E-state index >= 15 is 4.39 Å². The van der Waals surface area contributed by atoms with Crippen molar-refractivity contribution in [1.82, 2.24) is 30.5 Å². The summed E-state index contributed by atoms with van der Waals surface area (Å²) in [7, 11) is 0. The van der Waals surface area contributed by atoms with Crippen LogP contribution in [0, 0.1) is 18.6 Å². The van der Waals surface area contributed by atoms with Crippen LogP contribution in [-0.2, 0) is 0 Å². The van der Waals surface area contributed by atoms with E-state index in [0.29, 0.717) is 36.2 Å². The van der Waals surface area contributed by atoms with Crippen molar-refractivity contribution in [2.45, 2.75) is 26.3 Å². The fourth-order valence-electron chi connectivity index (χ4n) is 4.04. The van der Waals surface area contributed by atoms with Crippen molar-refractivity contribution >= 4 is 28.4 Å². The van der Waals surface area contributed by atoms with Gasteiger partial charge in [-0.1, -0.05) is 6.92 Å². The SMILES string of the molecule is CCC1CN(c2cc(Nc3cc(=O)[nH][nH]3)nc(Oc3cc(F)c4[nH]c(C)cc4c3F)n2)CCN1. The largest absolute Gasteiger partial charge is 0.421 e. The molecule has 1 unspecified atom stereocenters. The van der Waals surface area contributed by atoms with Crippen LogP contribution in [0.25, 0.3) is 10.9 Å². The number of aromatic nitrogens is 5. The fourth-order valence-corrected chi connectivity index (χ4v) is 4.04. The van der Waals surface area contributed by atoms with Crippen molar-refractivity contribution in [2.24, 2.45) is 0 Å². The molecule has 1 fully saturated rings. The van der Waals surface area contributed by atoms with Crippen molar-refractivity contribution in [3.63, 3.8) is 0 Å². The Morgan fingerprint density at radius 1 is 1.21 bits per heavy atom. The van der Waals surface area contributed by atoms with Crippen LogP contribution < -0.4 is 25.8 Å². The molecule has 12 heteroatoms. The minimum absolute atomic E-state index is 0.0715. The Balaban J connectivity index is 1.53. The minimum atomic E-state index is -0.715. The highest BCUT2D eigenvalue weighted by Crippen LogP contribution is 2.33. The van der Waals surface area contributed by atoms with Crippen molar-refractivity contribution in [3.05, 3.63) is 51.9 Å². The number of nitrogens with zero attached hydrogens (tertiary/aromatic N) is 3. The highest BCUT2D eigenvalue weighted by Gasteiger charge is 2.22. The Labute approximate surface area is 192 Å². The first kappa shape index (κ1) is 21.9. The maximum Gasteiger partial charge on any atom is 0.326 e. The van der Waals surface area contributed by atoms with Crippen LogP contribution in [0.5, 0.6) is 11.8 Å². The molecule has 4 aromatic rings. The highest BCUT2D eigenvalue weighted by atomic mass is 19.1. The Hall–Kier alpha value is -3.93. The monoisotopic (exact) mass is 470 g/mol. The lowest BCUT2D eigenvalue weighted by Gasteiger charge is -2.34. The molecule has 4 heterocycles. The molecule has 1 saturated heterocycles. The highest BCUT2D eigenvalue weighted by molar-refractivity contribution is 5.83. The lowest BCUT2D eigenvalue weighted by Crippen LogP contribution is -2.50. The smallest absolute Gasteiger partial charge is 0.326 e. The first-order valence-electron chi connectivity index (χ1n) is 11.0. The van der Waals surface area contributed by atoms with E-state index in [0.717, 1.165) is 19.0 Å². The average molecular weight is 470 g/mol. The van der Waals surface area contributed by atoms with Crippen LogP contribution in [0.1, 0.15) is 19.0 Å². The lowest BCUT2D eigenvalue weighted by atomic mass is 10.1. The van der Waals surface area contributed by atoms with Gasteiger partial charge in [0.15, 0.2) is 17.4 Å². The zero-order valence-corrected chi connectivity index (χ0v) is 18.6. The van der Waals surface area contributed by atoms with Gasteiger partial charge in [-0.2, -0.15) is 9.97 Å². The summed E-state index contributed by atoms with van der Waals surface area (Å²) in [6.45, 7) is 6.00. The van der Waals surface area contributed by atoms with E-state index in [-0.39, 0.29) is 34.3 Å². The number of H-pyrrole nitrogens is 3. The molecule has 0 radical (unpaired) electrons. The molecule has 10 nitrogen and oxygen atoms in total. The van der Waals surface area contributed by atoms with E-state index in [1.165, 1.54) is 12.1 Å². The summed E-state index contributed by atoms with van der Waals surface area (Å²) in [5.41, 5.74) is 0.385. The number of halogens is 2. The second-order valence-electron chi connectivity index (χ2n) is 8.21. The Bertz CT molecular complexity index is 1400. The van der Waals surface area contributed by atoms with Crippen molar-refractivity contribution in [3.8, 4) is 11.8 Å². The predicted octanol–water partition coefficient (Wildman–Crippen LogP) is 3.29. The van der Waals surface area contributed by atoms with Gasteiger partial charge in [0.25, 0.3) is 5.56 Å². The second kappa shape index (κ2) is 8.78. The zero-order valence-electron chi connectivity index (χ0n) is 18.6. The average Bonchev–Trinajstić information content (AvgIpc) is 3.42. The zero-order chi connectivity index (χ0) is 23.8. The number of rotatable bonds is 6. The van der Waals surface area contributed by atoms with E-state index in [4.69, 9.17) is 4.74 Å². The Morgan fingerprint density at radius 2 is 2.06 bits per heavy atom. The third-order valence-corrected chi connectivity index (χ3v) is 5.73. The van der Waals surface area contributed by atoms with Gasteiger partial charge in [-0.25, -0.2) is 8.78 Å². The lowest BCUT2D eigenvalue weighted by molar-refractivity contribution is 0.407. The standard InChI is InChI=1S/C22H24F2N8O2/c1-3-12-10-32(5-4-25-12)18-8-16(27-17-9-19(33)31-30-17)28-22(29-18)34-15-7-14(23)21-13(20(15)24)6-11(2)26-21/h6-9,12,25-26H,3-5,10H2,1-2H3,(H3,27,28,29,30,31,33). The summed E-state index contributed by atoms with van der Waals surface area (Å²) in [6, 6.07) is 5.66. The molecule has 0 saturated carbocycles. The minimum Gasteiger partial charge on any atom is -0.421 e. The van der Waals surface area contributed by atoms with Crippen molar-refractivity contribution in [1.29, 1.82) is 0 Å². The molecule has 178 valence electrons. The first-order chi connectivity index (χ1) is 16.4. The van der Waals surface area contributed by atoms with Gasteiger partial charge in [-0.05, 0) is 19.4 Å². The van der Waals surface area contributed by atoms with E-state index in [2.05, 4.69) is 47.6 Å². The molecule has 0 aliphatic carbocycles. The van der Waals surface area contributed by atoms with Gasteiger partial charge in [0.2, 0.25) is 0 Å². The second-order valence-corrected chi connectivity index (χ2v) is 8.21. The van der Waals surface area contributed by atoms with E-state index < -0.39 is 11.6 Å². The van der Waals surface area contributed by atoms with Crippen LogP contribution >= 0.6 is 0 Å². The number of fused-ring (bicyclic) bond motifs is 1. The topological polar surface area (TPSA) is 127 Å². The van der Waals surface area contributed by atoms with Gasteiger partial charge < -0.3 is 25.3 Å². The molecule has 1 aliphatic heterocycles. The molecule has 5 N–H and O–H groups in total. The van der Waals surface area contributed by atoms with Crippen LogP contribution in [0.4, 0.5) is 26.2 Å². The number of benzene rings is 1. The third-order valence-electron chi connectivity index (χ3n) is 5.73. The number of piperazine rings is 1. The number of nitrogens with one attached hydrogen (secondary N) is 5. The van der Waals surface area contributed by atoms with Crippen LogP contribution in [0.15, 0.2) is 29.1 Å². The molecule has 1 aromatic carbocycles. The summed E-state index contributed by atoms with van der Waals surface area (Å²) in [4.78, 5) is 25.1. The Kier molecular flexibility index (Phi) is 5.65. The number of aryl methyl sites for hydroxylation is 1. The van der Waals surface area contributed by atoms with Gasteiger partial charge in [-0.15, -0.1) is 0 Å². The number of anilines is 3. The van der Waals surface area contributed by atoms with E-state index in [9.17, 15) is 9.18 Å². The predicted molar refractivity (Wildman–Crippen MR) is 124 cm³/mol. The summed E-state index contributed by atoms with van der Waals surface area (Å²) < 4.78 is 35.3. The normalized spacial score (nSPS) is 16.2. The summed E-state index contributed by atoms with van der Waals surface area (Å²) in [6.07, 6.45) is 0.946. The number of hydrogen-bond acceptors (Lipinski definition) is 7. The fraction of sp³-hybridized carbons (Fsp3) is 0.318. The quantitative estimate of drug-likeness (QED) is 0.293. The number of ether oxygens (including phenoxy) is 1. The summed E-state index contributed by atoms with van der Waals surface area (Å²) in [5.74, 6) is -0.423. The van der Waals surface area contributed by atoms with Gasteiger partial charge >= 0.3 is 6.01 Å². The van der Waals surface area contributed by atoms with Crippen LogP contribution in [0.2, 0.25) is 0 Å². The van der Waals surface area contributed by atoms with Crippen LogP contribution in [0.3, 0.4) is 0 Å². The molecule has 0 spiro atoms. The molecule has 1 aliphatic rings. The van der Waals surface area contributed by atoms with Gasteiger partial charge in [0.1, 0.15) is 17.5 Å². The Morgan fingerprint density at radius 3 is 2.82 bits per heavy atom. The molecule has 5 rings (SSSR count). The molecule has 0 amide bonds. The maximum atomic E-state index is 15.1. The molecule has 3 aromatic heterocycles. The summed E-state index contributed by atoms with van der Waals surface area (Å²) in [5, 5.41) is 11.6. The number of hydrogen-bond donors (Lipinski definition) is 5. The van der Waals surface area contributed by atoms with E-state index in [1.807, 2.05) is 0 Å². The van der Waals surface area contributed by atoms with Crippen molar-refractivity contribution < 1.29 is 13.5 Å². The van der Waals surface area contributed by atoms with Gasteiger partial charge in [0.05, 0.1) is 5.52 Å². The molecule has 34 heavy (non-hydrogen) atoms. The van der Waals surface area contributed by atoms with Crippen LogP contribution in [-0.4, -0.2) is 50.8 Å². The number of aromatic amines is 3. The first-order valence-corrected chi connectivity index (χ1v) is 11.0. The van der Waals surface area contributed by atoms with E-state index in [1.54, 1.807) is 13.0 Å². The van der Waals surface area contributed by atoms with Gasteiger partial charge in [0, 0.05) is 55.0 Å². The third kappa shape index (κ3) is 4.31. The summed E-state index contributed by atoms with van der Waals surface area (Å²) >= 11 is 0. The molecular formula is C22H24F2N8O2. The molecular weight excluding hydrogens is 446 g/mol. The maximum absolute atomic E-state index is 15.1. The molecule has 0 bridgehead atoms. The van der Waals surface area contributed by atoms with Crippen molar-refractivity contribution in [2.75, 3.05) is 29.9 Å². The van der Waals surface area contributed by atoms with Gasteiger partial charge in [-0.3, -0.25) is 15.0 Å².